The van der Waals surface area contributed by atoms with E-state index < -0.39 is 0 Å². The van der Waals surface area contributed by atoms with Crippen molar-refractivity contribution in [2.45, 2.75) is 13.0 Å². The van der Waals surface area contributed by atoms with Crippen molar-refractivity contribution < 1.29 is 9.47 Å². The van der Waals surface area contributed by atoms with E-state index in [0.717, 1.165) is 31.0 Å². The predicted molar refractivity (Wildman–Crippen MR) is 80.4 cm³/mol. The lowest BCUT2D eigenvalue weighted by Crippen LogP contribution is -2.24. The van der Waals surface area contributed by atoms with Crippen LogP contribution in [-0.2, 0) is 13.0 Å². The molecule has 0 fully saturated rings. The Morgan fingerprint density at radius 1 is 0.900 bits per heavy atom. The number of ether oxygens (including phenoxy) is 2. The van der Waals surface area contributed by atoms with Crippen molar-refractivity contribution >= 4 is 0 Å². The second-order valence-electron chi connectivity index (χ2n) is 4.93. The van der Waals surface area contributed by atoms with Crippen LogP contribution in [0.3, 0.4) is 0 Å². The third-order valence-corrected chi connectivity index (χ3v) is 3.86. The molecular weight excluding hydrogens is 250 g/mol. The first-order chi connectivity index (χ1) is 9.83. The average molecular weight is 269 g/mol. The number of methoxy groups -OCH3 is 2. The van der Waals surface area contributed by atoms with E-state index in [-0.39, 0.29) is 0 Å². The van der Waals surface area contributed by atoms with E-state index in [2.05, 4.69) is 29.6 Å². The van der Waals surface area contributed by atoms with Crippen LogP contribution in [0.5, 0.6) is 11.5 Å². The molecule has 0 amide bonds. The highest BCUT2D eigenvalue weighted by Gasteiger charge is 2.18. The minimum absolute atomic E-state index is 0.877. The first-order valence-corrected chi connectivity index (χ1v) is 6.87. The van der Waals surface area contributed by atoms with Crippen molar-refractivity contribution in [1.29, 1.82) is 0 Å². The van der Waals surface area contributed by atoms with Gasteiger partial charge in [0.15, 0.2) is 0 Å². The summed E-state index contributed by atoms with van der Waals surface area (Å²) >= 11 is 0. The molecule has 1 aliphatic rings. The summed E-state index contributed by atoms with van der Waals surface area (Å²) in [6.07, 6.45) is 1.04. The van der Waals surface area contributed by atoms with Crippen LogP contribution in [0.1, 0.15) is 11.1 Å². The first-order valence-electron chi connectivity index (χ1n) is 6.87. The molecule has 0 aliphatic carbocycles. The Balaban J connectivity index is 2.08. The molecule has 0 radical (unpaired) electrons. The van der Waals surface area contributed by atoms with Gasteiger partial charge in [-0.15, -0.1) is 0 Å². The lowest BCUT2D eigenvalue weighted by molar-refractivity contribution is 0.405. The van der Waals surface area contributed by atoms with E-state index in [4.69, 9.17) is 9.47 Å². The van der Waals surface area contributed by atoms with Crippen LogP contribution in [0, 0.1) is 0 Å². The van der Waals surface area contributed by atoms with Gasteiger partial charge in [0.25, 0.3) is 0 Å². The van der Waals surface area contributed by atoms with Crippen LogP contribution >= 0.6 is 0 Å². The van der Waals surface area contributed by atoms with Gasteiger partial charge < -0.3 is 14.8 Å². The normalized spacial score (nSPS) is 13.7. The number of hydrogen-bond acceptors (Lipinski definition) is 3. The van der Waals surface area contributed by atoms with E-state index in [9.17, 15) is 0 Å². The van der Waals surface area contributed by atoms with Gasteiger partial charge in [-0.2, -0.15) is 0 Å². The molecule has 104 valence electrons. The minimum atomic E-state index is 0.877. The number of fused-ring (bicyclic) bond motifs is 1. The molecular formula is C17H19NO2. The lowest BCUT2D eigenvalue weighted by atomic mass is 9.90. The largest absolute Gasteiger partial charge is 0.497 e. The van der Waals surface area contributed by atoms with Crippen LogP contribution in [0.2, 0.25) is 0 Å². The van der Waals surface area contributed by atoms with Gasteiger partial charge in [-0.25, -0.2) is 0 Å². The van der Waals surface area contributed by atoms with Crippen LogP contribution < -0.4 is 14.8 Å². The Morgan fingerprint density at radius 2 is 1.70 bits per heavy atom. The Hall–Kier alpha value is -2.00. The van der Waals surface area contributed by atoms with Gasteiger partial charge in [0.2, 0.25) is 0 Å². The molecule has 0 spiro atoms. The molecule has 1 heterocycles. The van der Waals surface area contributed by atoms with E-state index in [1.165, 1.54) is 22.3 Å². The second kappa shape index (κ2) is 5.55. The van der Waals surface area contributed by atoms with Crippen LogP contribution in [0.15, 0.2) is 36.4 Å². The van der Waals surface area contributed by atoms with Crippen molar-refractivity contribution in [2.75, 3.05) is 20.8 Å². The molecule has 1 aliphatic heterocycles. The van der Waals surface area contributed by atoms with Gasteiger partial charge in [-0.1, -0.05) is 18.2 Å². The first kappa shape index (κ1) is 13.0. The van der Waals surface area contributed by atoms with Crippen molar-refractivity contribution in [3.05, 3.63) is 47.5 Å². The standard InChI is InChI=1S/C17H19NO2/c1-19-13-5-3-12(4-6-13)14-7-8-17(20-2)16-11-18-10-9-15(14)16/h3-8,18H,9-11H2,1-2H3. The molecule has 20 heavy (non-hydrogen) atoms. The van der Waals surface area contributed by atoms with Crippen molar-refractivity contribution in [3.8, 4) is 22.6 Å². The number of nitrogens with one attached hydrogen (secondary N) is 1. The molecule has 2 aromatic carbocycles. The summed E-state index contributed by atoms with van der Waals surface area (Å²) in [4.78, 5) is 0. The van der Waals surface area contributed by atoms with Crippen molar-refractivity contribution in [3.63, 3.8) is 0 Å². The van der Waals surface area contributed by atoms with Crippen LogP contribution in [0.4, 0.5) is 0 Å². The Morgan fingerprint density at radius 3 is 2.40 bits per heavy atom. The van der Waals surface area contributed by atoms with Gasteiger partial charge in [-0.05, 0) is 47.9 Å². The summed E-state index contributed by atoms with van der Waals surface area (Å²) in [6.45, 7) is 1.89. The summed E-state index contributed by atoms with van der Waals surface area (Å²) in [5, 5.41) is 3.41. The Kier molecular flexibility index (Phi) is 3.61. The SMILES string of the molecule is COc1ccc(-c2ccc(OC)c3c2CCNC3)cc1. The summed E-state index contributed by atoms with van der Waals surface area (Å²) in [5.74, 6) is 1.86. The highest BCUT2D eigenvalue weighted by Crippen LogP contribution is 2.34. The molecule has 0 unspecified atom stereocenters. The predicted octanol–water partition coefficient (Wildman–Crippen LogP) is 3.02. The number of benzene rings is 2. The summed E-state index contributed by atoms with van der Waals surface area (Å²) in [5.41, 5.74) is 5.21. The van der Waals surface area contributed by atoms with Crippen molar-refractivity contribution in [1.82, 2.24) is 5.32 Å². The van der Waals surface area contributed by atoms with E-state index >= 15 is 0 Å². The van der Waals surface area contributed by atoms with Gasteiger partial charge in [0, 0.05) is 12.1 Å². The molecule has 3 nitrogen and oxygen atoms in total. The topological polar surface area (TPSA) is 30.5 Å². The van der Waals surface area contributed by atoms with E-state index in [1.54, 1.807) is 14.2 Å². The van der Waals surface area contributed by atoms with Crippen LogP contribution in [-0.4, -0.2) is 20.8 Å². The zero-order valence-electron chi connectivity index (χ0n) is 11.9. The summed E-state index contributed by atoms with van der Waals surface area (Å²) < 4.78 is 10.7. The molecule has 0 atom stereocenters. The molecule has 1 N–H and O–H groups in total. The lowest BCUT2D eigenvalue weighted by Gasteiger charge is -2.23. The van der Waals surface area contributed by atoms with E-state index in [0.29, 0.717) is 0 Å². The maximum Gasteiger partial charge on any atom is 0.123 e. The maximum absolute atomic E-state index is 5.48. The summed E-state index contributed by atoms with van der Waals surface area (Å²) in [7, 11) is 3.42. The molecule has 3 heteroatoms. The van der Waals surface area contributed by atoms with Crippen LogP contribution in [0.25, 0.3) is 11.1 Å². The highest BCUT2D eigenvalue weighted by atomic mass is 16.5. The van der Waals surface area contributed by atoms with Gasteiger partial charge in [0.1, 0.15) is 11.5 Å². The minimum Gasteiger partial charge on any atom is -0.497 e. The average Bonchev–Trinajstić information content (AvgIpc) is 2.54. The monoisotopic (exact) mass is 269 g/mol. The second-order valence-corrected chi connectivity index (χ2v) is 4.93. The molecule has 2 aromatic rings. The third-order valence-electron chi connectivity index (χ3n) is 3.86. The fourth-order valence-corrected chi connectivity index (χ4v) is 2.81. The zero-order chi connectivity index (χ0) is 13.9. The quantitative estimate of drug-likeness (QED) is 0.929. The van der Waals surface area contributed by atoms with Crippen molar-refractivity contribution in [2.24, 2.45) is 0 Å². The Labute approximate surface area is 119 Å². The summed E-state index contributed by atoms with van der Waals surface area (Å²) in [6, 6.07) is 12.5. The highest BCUT2D eigenvalue weighted by molar-refractivity contribution is 5.71. The van der Waals surface area contributed by atoms with E-state index in [1.807, 2.05) is 12.1 Å². The smallest absolute Gasteiger partial charge is 0.123 e. The third kappa shape index (κ3) is 2.25. The zero-order valence-corrected chi connectivity index (χ0v) is 11.9. The Bertz CT molecular complexity index is 605. The molecule has 0 saturated carbocycles. The number of hydrogen-bond donors (Lipinski definition) is 1. The van der Waals surface area contributed by atoms with Gasteiger partial charge in [-0.3, -0.25) is 0 Å². The molecule has 0 saturated heterocycles. The van der Waals surface area contributed by atoms with Gasteiger partial charge >= 0.3 is 0 Å². The fourth-order valence-electron chi connectivity index (χ4n) is 2.81. The molecule has 3 rings (SSSR count). The molecule has 0 aromatic heterocycles. The molecule has 0 bridgehead atoms. The fraction of sp³-hybridized carbons (Fsp3) is 0.294. The van der Waals surface area contributed by atoms with Gasteiger partial charge in [0.05, 0.1) is 14.2 Å². The number of rotatable bonds is 3. The maximum atomic E-state index is 5.48.